The lowest BCUT2D eigenvalue weighted by atomic mass is 10.2. The lowest BCUT2D eigenvalue weighted by Gasteiger charge is -2.32. The summed E-state index contributed by atoms with van der Waals surface area (Å²) in [5.41, 5.74) is 0. The fourth-order valence-electron chi connectivity index (χ4n) is 2.52. The van der Waals surface area contributed by atoms with E-state index in [2.05, 4.69) is 19.2 Å². The maximum Gasteiger partial charge on any atom is 0.253 e. The van der Waals surface area contributed by atoms with Gasteiger partial charge >= 0.3 is 0 Å². The average molecular weight is 212 g/mol. The molecule has 1 amide bonds. The van der Waals surface area contributed by atoms with E-state index in [1.54, 1.807) is 0 Å². The Hall–Kier alpha value is -0.610. The highest BCUT2D eigenvalue weighted by Crippen LogP contribution is 2.24. The number of likely N-dealkylation sites (tertiary alicyclic amines) is 1. The molecule has 2 aliphatic rings. The Labute approximate surface area is 91.0 Å². The Morgan fingerprint density at radius 3 is 2.53 bits per heavy atom. The second kappa shape index (κ2) is 4.49. The van der Waals surface area contributed by atoms with Crippen LogP contribution in [0.2, 0.25) is 0 Å². The van der Waals surface area contributed by atoms with Crippen LogP contribution in [-0.2, 0) is 9.53 Å². The van der Waals surface area contributed by atoms with Gasteiger partial charge in [0.15, 0.2) is 0 Å². The molecule has 86 valence electrons. The molecule has 2 saturated heterocycles. The minimum Gasteiger partial charge on any atom is -0.366 e. The molecular weight excluding hydrogens is 192 g/mol. The second-order valence-corrected chi connectivity index (χ2v) is 4.58. The van der Waals surface area contributed by atoms with Crippen LogP contribution in [-0.4, -0.2) is 48.7 Å². The van der Waals surface area contributed by atoms with Crippen LogP contribution in [0.1, 0.15) is 26.7 Å². The van der Waals surface area contributed by atoms with E-state index in [9.17, 15) is 4.79 Å². The van der Waals surface area contributed by atoms with Crippen molar-refractivity contribution in [2.24, 2.45) is 0 Å². The van der Waals surface area contributed by atoms with Crippen LogP contribution >= 0.6 is 0 Å². The molecule has 3 atom stereocenters. The third kappa shape index (κ3) is 2.16. The van der Waals surface area contributed by atoms with Gasteiger partial charge in [0.2, 0.25) is 0 Å². The number of nitrogens with one attached hydrogen (secondary N) is 1. The number of rotatable bonds is 1. The predicted molar refractivity (Wildman–Crippen MR) is 57.6 cm³/mol. The van der Waals surface area contributed by atoms with E-state index in [1.807, 2.05) is 4.90 Å². The highest BCUT2D eigenvalue weighted by atomic mass is 16.5. The highest BCUT2D eigenvalue weighted by Gasteiger charge is 2.36. The van der Waals surface area contributed by atoms with Crippen molar-refractivity contribution in [3.8, 4) is 0 Å². The number of morpholine rings is 1. The average Bonchev–Trinajstić information content (AvgIpc) is 2.59. The largest absolute Gasteiger partial charge is 0.366 e. The molecule has 2 heterocycles. The summed E-state index contributed by atoms with van der Waals surface area (Å²) in [5.74, 6) is 0.166. The smallest absolute Gasteiger partial charge is 0.253 e. The zero-order chi connectivity index (χ0) is 10.8. The summed E-state index contributed by atoms with van der Waals surface area (Å²) in [4.78, 5) is 14.2. The molecule has 4 heteroatoms. The van der Waals surface area contributed by atoms with Gasteiger partial charge in [0, 0.05) is 25.2 Å². The summed E-state index contributed by atoms with van der Waals surface area (Å²) in [6.45, 7) is 6.41. The molecule has 2 aliphatic heterocycles. The number of carbonyl (C=O) groups is 1. The third-order valence-electron chi connectivity index (χ3n) is 3.41. The molecule has 0 spiro atoms. The quantitative estimate of drug-likeness (QED) is 0.683. The summed E-state index contributed by atoms with van der Waals surface area (Å²) >= 11 is 0. The number of carbonyl (C=O) groups excluding carboxylic acids is 1. The molecule has 0 saturated carbocycles. The van der Waals surface area contributed by atoms with Gasteiger partial charge in [0.05, 0.1) is 6.61 Å². The van der Waals surface area contributed by atoms with Crippen LogP contribution in [0.25, 0.3) is 0 Å². The summed E-state index contributed by atoms with van der Waals surface area (Å²) in [5, 5.41) is 3.20. The van der Waals surface area contributed by atoms with Crippen LogP contribution < -0.4 is 5.32 Å². The van der Waals surface area contributed by atoms with Gasteiger partial charge in [-0.25, -0.2) is 0 Å². The zero-order valence-electron chi connectivity index (χ0n) is 9.53. The summed E-state index contributed by atoms with van der Waals surface area (Å²) < 4.78 is 5.50. The summed E-state index contributed by atoms with van der Waals surface area (Å²) in [7, 11) is 0. The van der Waals surface area contributed by atoms with Crippen molar-refractivity contribution in [2.45, 2.75) is 44.9 Å². The molecule has 4 nitrogen and oxygen atoms in total. The predicted octanol–water partition coefficient (Wildman–Crippen LogP) is 0.374. The van der Waals surface area contributed by atoms with Gasteiger partial charge in [-0.2, -0.15) is 0 Å². The highest BCUT2D eigenvalue weighted by molar-refractivity contribution is 5.82. The first-order valence-electron chi connectivity index (χ1n) is 5.84. The molecule has 1 N–H and O–H groups in total. The number of hydrogen-bond donors (Lipinski definition) is 1. The fourth-order valence-corrected chi connectivity index (χ4v) is 2.52. The van der Waals surface area contributed by atoms with Crippen LogP contribution in [0.5, 0.6) is 0 Å². The van der Waals surface area contributed by atoms with Gasteiger partial charge in [-0.15, -0.1) is 0 Å². The Morgan fingerprint density at radius 1 is 1.33 bits per heavy atom. The van der Waals surface area contributed by atoms with Crippen molar-refractivity contribution in [3.63, 3.8) is 0 Å². The molecule has 2 unspecified atom stereocenters. The van der Waals surface area contributed by atoms with E-state index in [0.29, 0.717) is 25.2 Å². The molecule has 0 aromatic rings. The Morgan fingerprint density at radius 2 is 2.00 bits per heavy atom. The molecule has 0 bridgehead atoms. The Bertz CT molecular complexity index is 229. The maximum absolute atomic E-state index is 12.2. The number of nitrogens with zero attached hydrogens (tertiary/aromatic N) is 1. The van der Waals surface area contributed by atoms with E-state index in [-0.39, 0.29) is 12.0 Å². The van der Waals surface area contributed by atoms with E-state index >= 15 is 0 Å². The minimum absolute atomic E-state index is 0.166. The van der Waals surface area contributed by atoms with Crippen LogP contribution in [0.3, 0.4) is 0 Å². The van der Waals surface area contributed by atoms with Crippen molar-refractivity contribution < 1.29 is 9.53 Å². The third-order valence-corrected chi connectivity index (χ3v) is 3.41. The van der Waals surface area contributed by atoms with Gasteiger partial charge in [-0.05, 0) is 26.7 Å². The standard InChI is InChI=1S/C11H20N2O2/c1-8-3-4-9(2)13(8)11(14)10-7-12-5-6-15-10/h8-10,12H,3-7H2,1-2H3/t8?,9?,10-/m1/s1. The summed E-state index contributed by atoms with van der Waals surface area (Å²) in [6, 6.07) is 0.746. The van der Waals surface area contributed by atoms with Crippen LogP contribution in [0, 0.1) is 0 Å². The van der Waals surface area contributed by atoms with Gasteiger partial charge in [-0.1, -0.05) is 0 Å². The number of ether oxygens (including phenoxy) is 1. The molecule has 0 aromatic carbocycles. The lowest BCUT2D eigenvalue weighted by Crippen LogP contribution is -2.51. The van der Waals surface area contributed by atoms with E-state index < -0.39 is 0 Å². The summed E-state index contributed by atoms with van der Waals surface area (Å²) in [6.07, 6.45) is 1.97. The van der Waals surface area contributed by atoms with E-state index in [4.69, 9.17) is 4.74 Å². The maximum atomic E-state index is 12.2. The molecule has 0 aromatic heterocycles. The molecular formula is C11H20N2O2. The van der Waals surface area contributed by atoms with Gasteiger partial charge < -0.3 is 15.0 Å². The molecule has 0 radical (unpaired) electrons. The van der Waals surface area contributed by atoms with Crippen molar-refractivity contribution in [1.82, 2.24) is 10.2 Å². The first-order valence-corrected chi connectivity index (χ1v) is 5.84. The number of hydrogen-bond acceptors (Lipinski definition) is 3. The first kappa shape index (κ1) is 10.9. The zero-order valence-corrected chi connectivity index (χ0v) is 9.53. The molecule has 2 fully saturated rings. The van der Waals surface area contributed by atoms with E-state index in [0.717, 1.165) is 19.4 Å². The molecule has 0 aliphatic carbocycles. The van der Waals surface area contributed by atoms with E-state index in [1.165, 1.54) is 0 Å². The molecule has 15 heavy (non-hydrogen) atoms. The van der Waals surface area contributed by atoms with Crippen LogP contribution in [0.4, 0.5) is 0 Å². The van der Waals surface area contributed by atoms with Crippen molar-refractivity contribution in [1.29, 1.82) is 0 Å². The number of amides is 1. The topological polar surface area (TPSA) is 41.6 Å². The minimum atomic E-state index is -0.262. The van der Waals surface area contributed by atoms with Gasteiger partial charge in [0.1, 0.15) is 6.10 Å². The van der Waals surface area contributed by atoms with Crippen molar-refractivity contribution in [2.75, 3.05) is 19.7 Å². The Balaban J connectivity index is 1.99. The normalized spacial score (nSPS) is 36.9. The Kier molecular flexibility index (Phi) is 3.26. The van der Waals surface area contributed by atoms with Crippen molar-refractivity contribution >= 4 is 5.91 Å². The van der Waals surface area contributed by atoms with Gasteiger partial charge in [-0.3, -0.25) is 4.79 Å². The first-order chi connectivity index (χ1) is 7.20. The fraction of sp³-hybridized carbons (Fsp3) is 0.909. The van der Waals surface area contributed by atoms with Gasteiger partial charge in [0.25, 0.3) is 5.91 Å². The van der Waals surface area contributed by atoms with Crippen LogP contribution in [0.15, 0.2) is 0 Å². The lowest BCUT2D eigenvalue weighted by molar-refractivity contribution is -0.147. The second-order valence-electron chi connectivity index (χ2n) is 4.58. The SMILES string of the molecule is CC1CCC(C)N1C(=O)[C@H]1CNCCO1. The monoisotopic (exact) mass is 212 g/mol. The van der Waals surface area contributed by atoms with Crippen molar-refractivity contribution in [3.05, 3.63) is 0 Å². The molecule has 2 rings (SSSR count).